The van der Waals surface area contributed by atoms with Crippen molar-refractivity contribution in [2.45, 2.75) is 19.3 Å². The highest BCUT2D eigenvalue weighted by Crippen LogP contribution is 2.28. The van der Waals surface area contributed by atoms with Crippen molar-refractivity contribution in [1.29, 1.82) is 5.26 Å². The van der Waals surface area contributed by atoms with Crippen LogP contribution in [0, 0.1) is 11.3 Å². The van der Waals surface area contributed by atoms with E-state index in [9.17, 15) is 4.79 Å². The molecule has 2 aromatic carbocycles. The topological polar surface area (TPSA) is 88.3 Å². The summed E-state index contributed by atoms with van der Waals surface area (Å²) in [6.07, 6.45) is 6.04. The Bertz CT molecular complexity index is 1310. The number of nitrogens with zero attached hydrogens (tertiary/aromatic N) is 3. The van der Waals surface area contributed by atoms with E-state index in [2.05, 4.69) is 44.5 Å². The van der Waals surface area contributed by atoms with E-state index in [0.29, 0.717) is 17.9 Å². The number of rotatable bonds is 8. The number of nitrogens with one attached hydrogen (secondary N) is 2. The normalized spacial score (nSPS) is 14.6. The first-order valence-electron chi connectivity index (χ1n) is 11.4. The smallest absolute Gasteiger partial charge is 0.213 e. The quantitative estimate of drug-likeness (QED) is 0.310. The van der Waals surface area contributed by atoms with Gasteiger partial charge in [-0.2, -0.15) is 5.26 Å². The number of benzene rings is 2. The van der Waals surface area contributed by atoms with Crippen molar-refractivity contribution >= 4 is 39.9 Å². The van der Waals surface area contributed by atoms with Gasteiger partial charge in [0.05, 0.1) is 11.6 Å². The van der Waals surface area contributed by atoms with E-state index in [0.717, 1.165) is 68.5 Å². The van der Waals surface area contributed by atoms with Gasteiger partial charge in [-0.15, -0.1) is 0 Å². The van der Waals surface area contributed by atoms with Gasteiger partial charge in [-0.3, -0.25) is 15.0 Å². The lowest BCUT2D eigenvalue weighted by atomic mass is 10.1. The van der Waals surface area contributed by atoms with Gasteiger partial charge in [-0.1, -0.05) is 0 Å². The maximum absolute atomic E-state index is 10.6. The molecule has 0 saturated carbocycles. The molecular formula is C26H27N5O2. The molecule has 168 valence electrons. The fourth-order valence-electron chi connectivity index (χ4n) is 4.69. The molecule has 3 heterocycles. The number of aryl methyl sites for hydroxylation is 1. The third kappa shape index (κ3) is 4.57. The number of carbonyl (C=O) groups is 1. The molecule has 7 heteroatoms. The summed E-state index contributed by atoms with van der Waals surface area (Å²) in [6.45, 7) is 5.23. The molecule has 1 fully saturated rings. The summed E-state index contributed by atoms with van der Waals surface area (Å²) in [5, 5.41) is 13.9. The van der Waals surface area contributed by atoms with Crippen molar-refractivity contribution in [2.75, 3.05) is 42.9 Å². The minimum atomic E-state index is 0.472. The molecule has 4 aromatic rings. The average molecular weight is 442 g/mol. The summed E-state index contributed by atoms with van der Waals surface area (Å²) in [7, 11) is 0. The zero-order chi connectivity index (χ0) is 22.6. The van der Waals surface area contributed by atoms with E-state index in [4.69, 9.17) is 9.68 Å². The fourth-order valence-corrected chi connectivity index (χ4v) is 4.69. The lowest BCUT2D eigenvalue weighted by molar-refractivity contribution is -0.105. The van der Waals surface area contributed by atoms with E-state index in [1.165, 1.54) is 16.6 Å². The number of piperazine rings is 1. The fraction of sp³-hybridized carbons (Fsp3) is 0.308. The van der Waals surface area contributed by atoms with Crippen molar-refractivity contribution < 1.29 is 9.21 Å². The van der Waals surface area contributed by atoms with Crippen molar-refractivity contribution in [3.63, 3.8) is 0 Å². The highest BCUT2D eigenvalue weighted by Gasteiger charge is 2.18. The molecule has 1 saturated heterocycles. The third-order valence-corrected chi connectivity index (χ3v) is 6.51. The predicted octanol–water partition coefficient (Wildman–Crippen LogP) is 4.50. The van der Waals surface area contributed by atoms with Crippen LogP contribution in [0.15, 0.2) is 53.1 Å². The second-order valence-electron chi connectivity index (χ2n) is 8.57. The summed E-state index contributed by atoms with van der Waals surface area (Å²) in [4.78, 5) is 18.9. The number of H-pyrrole nitrogens is 1. The third-order valence-electron chi connectivity index (χ3n) is 6.51. The first-order chi connectivity index (χ1) is 16.2. The molecule has 5 rings (SSSR count). The van der Waals surface area contributed by atoms with E-state index in [1.807, 2.05) is 30.3 Å². The lowest BCUT2D eigenvalue weighted by Crippen LogP contribution is -2.46. The second-order valence-corrected chi connectivity index (χ2v) is 8.57. The minimum Gasteiger partial charge on any atom is -0.440 e. The van der Waals surface area contributed by atoms with Crippen molar-refractivity contribution in [1.82, 2.24) is 9.88 Å². The van der Waals surface area contributed by atoms with Crippen molar-refractivity contribution in [3.8, 4) is 6.07 Å². The number of fused-ring (bicyclic) bond motifs is 2. The zero-order valence-electron chi connectivity index (χ0n) is 18.5. The van der Waals surface area contributed by atoms with Crippen LogP contribution >= 0.6 is 0 Å². The van der Waals surface area contributed by atoms with Gasteiger partial charge < -0.3 is 14.3 Å². The van der Waals surface area contributed by atoms with Gasteiger partial charge in [0.2, 0.25) is 12.3 Å². The van der Waals surface area contributed by atoms with Gasteiger partial charge in [0.15, 0.2) is 0 Å². The average Bonchev–Trinajstić information content (AvgIpc) is 3.45. The number of furan rings is 1. The van der Waals surface area contributed by atoms with E-state index in [-0.39, 0.29) is 0 Å². The summed E-state index contributed by atoms with van der Waals surface area (Å²) in [5.74, 6) is 0.472. The van der Waals surface area contributed by atoms with Crippen LogP contribution in [0.3, 0.4) is 0 Å². The molecule has 7 nitrogen and oxygen atoms in total. The number of hydrogen-bond donors (Lipinski definition) is 2. The van der Waals surface area contributed by atoms with Gasteiger partial charge in [0.1, 0.15) is 5.58 Å². The molecule has 0 radical (unpaired) electrons. The van der Waals surface area contributed by atoms with E-state index >= 15 is 0 Å². The SMILES string of the molecule is N#Cc1ccc2[nH]cc(CCCCN3CCN(c4ccc5oc(NC=O)cc5c4)CC3)c2c1. The Hall–Kier alpha value is -3.76. The Labute approximate surface area is 192 Å². The molecule has 2 aromatic heterocycles. The van der Waals surface area contributed by atoms with Crippen LogP contribution in [0.1, 0.15) is 24.0 Å². The highest BCUT2D eigenvalue weighted by atomic mass is 16.4. The number of anilines is 2. The van der Waals surface area contributed by atoms with Crippen LogP contribution in [-0.4, -0.2) is 49.0 Å². The van der Waals surface area contributed by atoms with Crippen molar-refractivity contribution in [3.05, 3.63) is 59.8 Å². The number of aromatic amines is 1. The minimum absolute atomic E-state index is 0.472. The van der Waals surface area contributed by atoms with E-state index in [1.54, 1.807) is 0 Å². The monoisotopic (exact) mass is 441 g/mol. The lowest BCUT2D eigenvalue weighted by Gasteiger charge is -2.36. The molecule has 33 heavy (non-hydrogen) atoms. The number of aromatic nitrogens is 1. The molecule has 0 unspecified atom stereocenters. The number of unbranched alkanes of at least 4 members (excludes halogenated alkanes) is 1. The molecule has 1 amide bonds. The van der Waals surface area contributed by atoms with E-state index < -0.39 is 0 Å². The Kier molecular flexibility index (Phi) is 6.01. The van der Waals surface area contributed by atoms with Crippen LogP contribution in [0.2, 0.25) is 0 Å². The van der Waals surface area contributed by atoms with Crippen LogP contribution in [-0.2, 0) is 11.2 Å². The first kappa shape index (κ1) is 21.1. The summed E-state index contributed by atoms with van der Waals surface area (Å²) < 4.78 is 5.60. The van der Waals surface area contributed by atoms with Gasteiger partial charge in [-0.25, -0.2) is 0 Å². The molecule has 1 aliphatic rings. The molecule has 0 bridgehead atoms. The maximum atomic E-state index is 10.6. The Morgan fingerprint density at radius 3 is 2.79 bits per heavy atom. The number of hydrogen-bond acceptors (Lipinski definition) is 5. The Balaban J connectivity index is 1.10. The van der Waals surface area contributed by atoms with Gasteiger partial charge in [-0.05, 0) is 67.8 Å². The Morgan fingerprint density at radius 2 is 1.97 bits per heavy atom. The Morgan fingerprint density at radius 1 is 1.09 bits per heavy atom. The number of carbonyl (C=O) groups excluding carboxylic acids is 1. The zero-order valence-corrected chi connectivity index (χ0v) is 18.5. The van der Waals surface area contributed by atoms with Crippen LogP contribution in [0.5, 0.6) is 0 Å². The van der Waals surface area contributed by atoms with Gasteiger partial charge in [0, 0.05) is 60.4 Å². The summed E-state index contributed by atoms with van der Waals surface area (Å²) in [5.41, 5.74) is 5.08. The standard InChI is InChI=1S/C26H27N5O2/c27-16-19-4-6-24-23(13-19)20(17-28-24)3-1-2-8-30-9-11-31(12-10-30)22-5-7-25-21(14-22)15-26(33-25)29-18-32/h4-7,13-15,17-18,28H,1-3,8-12H2,(H,29,32). The molecule has 0 atom stereocenters. The van der Waals surface area contributed by atoms with Gasteiger partial charge in [0.25, 0.3) is 0 Å². The first-order valence-corrected chi connectivity index (χ1v) is 11.4. The highest BCUT2D eigenvalue weighted by molar-refractivity contribution is 5.86. The largest absolute Gasteiger partial charge is 0.440 e. The second kappa shape index (κ2) is 9.39. The number of amides is 1. The predicted molar refractivity (Wildman–Crippen MR) is 131 cm³/mol. The van der Waals surface area contributed by atoms with Crippen LogP contribution < -0.4 is 10.2 Å². The molecular weight excluding hydrogens is 414 g/mol. The van der Waals surface area contributed by atoms with Crippen LogP contribution in [0.25, 0.3) is 21.9 Å². The van der Waals surface area contributed by atoms with Crippen LogP contribution in [0.4, 0.5) is 11.6 Å². The summed E-state index contributed by atoms with van der Waals surface area (Å²) in [6, 6.07) is 16.1. The molecule has 0 aliphatic carbocycles. The summed E-state index contributed by atoms with van der Waals surface area (Å²) >= 11 is 0. The molecule has 2 N–H and O–H groups in total. The maximum Gasteiger partial charge on any atom is 0.213 e. The number of nitriles is 1. The molecule has 1 aliphatic heterocycles. The van der Waals surface area contributed by atoms with Gasteiger partial charge >= 0.3 is 0 Å². The molecule has 0 spiro atoms. The van der Waals surface area contributed by atoms with Crippen molar-refractivity contribution in [2.24, 2.45) is 0 Å².